The number of rotatable bonds is 5. The molecule has 1 heterocycles. The van der Waals surface area contributed by atoms with E-state index in [1.165, 1.54) is 6.07 Å². The maximum atomic E-state index is 12.9. The van der Waals surface area contributed by atoms with E-state index in [-0.39, 0.29) is 28.2 Å². The minimum absolute atomic E-state index is 0.0293. The Hall–Kier alpha value is -2.02. The lowest BCUT2D eigenvalue weighted by atomic mass is 9.96. The average molecular weight is 358 g/mol. The molecule has 2 atom stereocenters. The number of hydrogen-bond acceptors (Lipinski definition) is 4. The fourth-order valence-electron chi connectivity index (χ4n) is 3.04. The number of benzene rings is 2. The molecule has 3 rings (SSSR count). The molecule has 0 bridgehead atoms. The minimum Gasteiger partial charge on any atom is -0.315 e. The Morgan fingerprint density at radius 3 is 2.48 bits per heavy atom. The van der Waals surface area contributed by atoms with Crippen LogP contribution in [0, 0.1) is 5.92 Å². The first kappa shape index (κ1) is 17.8. The first-order valence-electron chi connectivity index (χ1n) is 8.41. The highest BCUT2D eigenvalue weighted by molar-refractivity contribution is 7.89. The second-order valence-electron chi connectivity index (χ2n) is 6.39. The van der Waals surface area contributed by atoms with E-state index in [1.54, 1.807) is 42.5 Å². The summed E-state index contributed by atoms with van der Waals surface area (Å²) in [6.45, 7) is 3.52. The zero-order valence-corrected chi connectivity index (χ0v) is 14.9. The largest absolute Gasteiger partial charge is 0.315 e. The fourth-order valence-corrected chi connectivity index (χ4v) is 4.59. The smallest absolute Gasteiger partial charge is 0.241 e. The quantitative estimate of drug-likeness (QED) is 0.804. The van der Waals surface area contributed by atoms with E-state index in [4.69, 9.17) is 0 Å². The molecule has 0 aliphatic carbocycles. The maximum Gasteiger partial charge on any atom is 0.241 e. The summed E-state index contributed by atoms with van der Waals surface area (Å²) in [5.74, 6) is -0.0515. The Balaban J connectivity index is 1.93. The highest BCUT2D eigenvalue weighted by Gasteiger charge is 2.29. The summed E-state index contributed by atoms with van der Waals surface area (Å²) in [6, 6.07) is 14.9. The maximum absolute atomic E-state index is 12.9. The molecule has 1 aliphatic heterocycles. The molecule has 0 spiro atoms. The van der Waals surface area contributed by atoms with Crippen LogP contribution in [0.15, 0.2) is 59.5 Å². The third-order valence-electron chi connectivity index (χ3n) is 4.59. The van der Waals surface area contributed by atoms with E-state index < -0.39 is 10.0 Å². The molecule has 0 aromatic heterocycles. The molecule has 2 unspecified atom stereocenters. The monoisotopic (exact) mass is 358 g/mol. The third kappa shape index (κ3) is 3.98. The fraction of sp³-hybridized carbons (Fsp3) is 0.316. The molecule has 2 aromatic rings. The Morgan fingerprint density at radius 1 is 1.08 bits per heavy atom. The van der Waals surface area contributed by atoms with Gasteiger partial charge in [0.1, 0.15) is 0 Å². The van der Waals surface area contributed by atoms with E-state index in [0.717, 1.165) is 13.0 Å². The summed E-state index contributed by atoms with van der Waals surface area (Å²) in [4.78, 5) is 12.8. The number of ketones is 1. The summed E-state index contributed by atoms with van der Waals surface area (Å²) >= 11 is 0. The van der Waals surface area contributed by atoms with Crippen LogP contribution < -0.4 is 10.0 Å². The van der Waals surface area contributed by atoms with Crippen LogP contribution in [0.2, 0.25) is 0 Å². The molecule has 2 aromatic carbocycles. The van der Waals surface area contributed by atoms with Crippen molar-refractivity contribution in [3.8, 4) is 0 Å². The van der Waals surface area contributed by atoms with Crippen LogP contribution in [0.4, 0.5) is 0 Å². The summed E-state index contributed by atoms with van der Waals surface area (Å²) in [7, 11) is -3.79. The Labute approximate surface area is 148 Å². The van der Waals surface area contributed by atoms with Gasteiger partial charge < -0.3 is 5.32 Å². The number of sulfonamides is 1. The predicted octanol–water partition coefficient (Wildman–Crippen LogP) is 2.19. The third-order valence-corrected chi connectivity index (χ3v) is 6.14. The van der Waals surface area contributed by atoms with E-state index in [9.17, 15) is 13.2 Å². The highest BCUT2D eigenvalue weighted by Crippen LogP contribution is 2.21. The number of carbonyl (C=O) groups is 1. The SMILES string of the molecule is CC1CCNCC1NS(=O)(=O)c1ccccc1C(=O)c1ccccc1. The predicted molar refractivity (Wildman–Crippen MR) is 97.1 cm³/mol. The van der Waals surface area contributed by atoms with Gasteiger partial charge in [-0.05, 0) is 31.0 Å². The average Bonchev–Trinajstić information content (AvgIpc) is 2.64. The van der Waals surface area contributed by atoms with E-state index in [0.29, 0.717) is 12.1 Å². The van der Waals surface area contributed by atoms with Crippen LogP contribution >= 0.6 is 0 Å². The molecular weight excluding hydrogens is 336 g/mol. The van der Waals surface area contributed by atoms with E-state index >= 15 is 0 Å². The van der Waals surface area contributed by atoms with Crippen molar-refractivity contribution >= 4 is 15.8 Å². The van der Waals surface area contributed by atoms with Gasteiger partial charge in [-0.1, -0.05) is 49.4 Å². The lowest BCUT2D eigenvalue weighted by Crippen LogP contribution is -2.50. The van der Waals surface area contributed by atoms with Crippen molar-refractivity contribution in [1.29, 1.82) is 0 Å². The normalized spacial score (nSPS) is 21.0. The molecule has 0 radical (unpaired) electrons. The first-order chi connectivity index (χ1) is 12.0. The number of piperidine rings is 1. The number of nitrogens with one attached hydrogen (secondary N) is 2. The van der Waals surface area contributed by atoms with Gasteiger partial charge in [0.25, 0.3) is 0 Å². The van der Waals surface area contributed by atoms with Gasteiger partial charge in [-0.2, -0.15) is 0 Å². The summed E-state index contributed by atoms with van der Waals surface area (Å²) in [5, 5.41) is 3.21. The lowest BCUT2D eigenvalue weighted by Gasteiger charge is -2.30. The molecule has 25 heavy (non-hydrogen) atoms. The van der Waals surface area contributed by atoms with Crippen molar-refractivity contribution in [2.75, 3.05) is 13.1 Å². The molecule has 1 saturated heterocycles. The first-order valence-corrected chi connectivity index (χ1v) is 9.89. The van der Waals surface area contributed by atoms with Gasteiger partial charge in [0.05, 0.1) is 4.90 Å². The van der Waals surface area contributed by atoms with Gasteiger partial charge in [0.2, 0.25) is 10.0 Å². The Bertz CT molecular complexity index is 850. The summed E-state index contributed by atoms with van der Waals surface area (Å²) in [5.41, 5.74) is 0.662. The van der Waals surface area contributed by atoms with Crippen molar-refractivity contribution < 1.29 is 13.2 Å². The summed E-state index contributed by atoms with van der Waals surface area (Å²) in [6.07, 6.45) is 0.914. The van der Waals surface area contributed by atoms with Gasteiger partial charge in [-0.3, -0.25) is 4.79 Å². The van der Waals surface area contributed by atoms with Crippen molar-refractivity contribution in [2.45, 2.75) is 24.3 Å². The molecule has 5 nitrogen and oxygen atoms in total. The van der Waals surface area contributed by atoms with Crippen LogP contribution in [0.3, 0.4) is 0 Å². The van der Waals surface area contributed by atoms with Crippen LogP contribution in [-0.2, 0) is 10.0 Å². The van der Waals surface area contributed by atoms with E-state index in [2.05, 4.69) is 10.0 Å². The second-order valence-corrected chi connectivity index (χ2v) is 8.07. The topological polar surface area (TPSA) is 75.3 Å². The van der Waals surface area contributed by atoms with Gasteiger partial charge in [0, 0.05) is 23.7 Å². The number of carbonyl (C=O) groups excluding carboxylic acids is 1. The molecule has 132 valence electrons. The van der Waals surface area contributed by atoms with Crippen molar-refractivity contribution in [1.82, 2.24) is 10.0 Å². The molecule has 0 saturated carbocycles. The van der Waals surface area contributed by atoms with Crippen molar-refractivity contribution in [3.05, 3.63) is 65.7 Å². The standard InChI is InChI=1S/C19H22N2O3S/c1-14-11-12-20-13-17(14)21-25(23,24)18-10-6-5-9-16(18)19(22)15-7-3-2-4-8-15/h2-10,14,17,20-21H,11-13H2,1H3. The van der Waals surface area contributed by atoms with Gasteiger partial charge in [-0.25, -0.2) is 13.1 Å². The van der Waals surface area contributed by atoms with Crippen LogP contribution in [0.1, 0.15) is 29.3 Å². The van der Waals surface area contributed by atoms with Crippen molar-refractivity contribution in [2.24, 2.45) is 5.92 Å². The lowest BCUT2D eigenvalue weighted by molar-refractivity contribution is 0.103. The molecular formula is C19H22N2O3S. The van der Waals surface area contributed by atoms with Gasteiger partial charge >= 0.3 is 0 Å². The Morgan fingerprint density at radius 2 is 1.76 bits per heavy atom. The summed E-state index contributed by atoms with van der Waals surface area (Å²) < 4.78 is 28.6. The molecule has 1 aliphatic rings. The van der Waals surface area contributed by atoms with Crippen LogP contribution in [0.5, 0.6) is 0 Å². The van der Waals surface area contributed by atoms with Crippen molar-refractivity contribution in [3.63, 3.8) is 0 Å². The zero-order valence-electron chi connectivity index (χ0n) is 14.1. The van der Waals surface area contributed by atoms with Crippen LogP contribution in [-0.4, -0.2) is 33.3 Å². The molecule has 2 N–H and O–H groups in total. The number of hydrogen-bond donors (Lipinski definition) is 2. The van der Waals surface area contributed by atoms with Gasteiger partial charge in [-0.15, -0.1) is 0 Å². The van der Waals surface area contributed by atoms with E-state index in [1.807, 2.05) is 13.0 Å². The van der Waals surface area contributed by atoms with Crippen LogP contribution in [0.25, 0.3) is 0 Å². The second kappa shape index (κ2) is 7.47. The highest BCUT2D eigenvalue weighted by atomic mass is 32.2. The molecule has 1 fully saturated rings. The minimum atomic E-state index is -3.79. The zero-order chi connectivity index (χ0) is 17.9. The molecule has 6 heteroatoms. The van der Waals surface area contributed by atoms with Gasteiger partial charge in [0.15, 0.2) is 5.78 Å². The molecule has 0 amide bonds. The Kier molecular flexibility index (Phi) is 5.32.